The van der Waals surface area contributed by atoms with Crippen LogP contribution in [0.15, 0.2) is 22.6 Å². The first kappa shape index (κ1) is 21.8. The summed E-state index contributed by atoms with van der Waals surface area (Å²) in [7, 11) is 3.82. The lowest BCUT2D eigenvalue weighted by molar-refractivity contribution is -0.133. The summed E-state index contributed by atoms with van der Waals surface area (Å²) in [5, 5.41) is 10.1. The number of benzene rings is 1. The van der Waals surface area contributed by atoms with E-state index in [1.807, 2.05) is 30.0 Å². The van der Waals surface area contributed by atoms with Crippen LogP contribution in [0.3, 0.4) is 0 Å². The Morgan fingerprint density at radius 1 is 1.37 bits per heavy atom. The molecule has 4 rings (SSSR count). The standard InChI is InChI=1S/C20H26N4O3.CH2O2/c1-13-21-15-5-4-14(10-16(15)27-13)19(26)22-17-11-20(17)6-8-24(9-7-20)18(25)12-23(2)3;2-1-3/h4-5,10,17H,6-9,11-12H2,1-3H3,(H,22,26);1H,(H,2,3). The molecule has 2 aliphatic rings. The fourth-order valence-electron chi connectivity index (χ4n) is 4.10. The lowest BCUT2D eigenvalue weighted by Gasteiger charge is -2.33. The normalized spacial score (nSPS) is 19.3. The number of hydrogen-bond donors (Lipinski definition) is 2. The van der Waals surface area contributed by atoms with Crippen LogP contribution in [0.4, 0.5) is 0 Å². The smallest absolute Gasteiger partial charge is 0.290 e. The maximum atomic E-state index is 12.6. The molecule has 2 aromatic rings. The number of carboxylic acid groups (broad SMARTS) is 1. The van der Waals surface area contributed by atoms with Gasteiger partial charge in [0.15, 0.2) is 11.5 Å². The topological polar surface area (TPSA) is 116 Å². The van der Waals surface area contributed by atoms with Gasteiger partial charge < -0.3 is 24.6 Å². The number of carbonyl (C=O) groups is 3. The molecule has 1 saturated heterocycles. The summed E-state index contributed by atoms with van der Waals surface area (Å²) in [6, 6.07) is 5.56. The molecule has 1 aliphatic carbocycles. The molecule has 2 fully saturated rings. The first-order valence-electron chi connectivity index (χ1n) is 9.96. The van der Waals surface area contributed by atoms with Crippen molar-refractivity contribution in [1.29, 1.82) is 0 Å². The highest BCUT2D eigenvalue weighted by molar-refractivity contribution is 5.97. The summed E-state index contributed by atoms with van der Waals surface area (Å²) >= 11 is 0. The molecule has 1 saturated carbocycles. The number of aryl methyl sites for hydroxylation is 1. The van der Waals surface area contributed by atoms with Gasteiger partial charge in [-0.2, -0.15) is 0 Å². The lowest BCUT2D eigenvalue weighted by atomic mass is 9.92. The Hall–Kier alpha value is -2.94. The fraction of sp³-hybridized carbons (Fsp3) is 0.524. The maximum absolute atomic E-state index is 12.6. The van der Waals surface area contributed by atoms with E-state index in [9.17, 15) is 9.59 Å². The van der Waals surface area contributed by atoms with Crippen LogP contribution in [0, 0.1) is 12.3 Å². The maximum Gasteiger partial charge on any atom is 0.290 e. The van der Waals surface area contributed by atoms with Crippen molar-refractivity contribution in [2.24, 2.45) is 5.41 Å². The number of likely N-dealkylation sites (tertiary alicyclic amines) is 1. The van der Waals surface area contributed by atoms with E-state index in [2.05, 4.69) is 10.3 Å². The number of carbonyl (C=O) groups excluding carboxylic acids is 2. The minimum Gasteiger partial charge on any atom is -0.483 e. The Morgan fingerprint density at radius 2 is 2.03 bits per heavy atom. The van der Waals surface area contributed by atoms with Crippen LogP contribution < -0.4 is 5.32 Å². The van der Waals surface area contributed by atoms with Gasteiger partial charge in [0, 0.05) is 31.6 Å². The number of piperidine rings is 1. The van der Waals surface area contributed by atoms with Crippen molar-refractivity contribution in [2.75, 3.05) is 33.7 Å². The monoisotopic (exact) mass is 416 g/mol. The zero-order chi connectivity index (χ0) is 21.9. The molecule has 1 aliphatic heterocycles. The van der Waals surface area contributed by atoms with Crippen molar-refractivity contribution >= 4 is 29.4 Å². The van der Waals surface area contributed by atoms with Gasteiger partial charge in [0.05, 0.1) is 6.54 Å². The predicted octanol–water partition coefficient (Wildman–Crippen LogP) is 1.51. The SMILES string of the molecule is Cc1nc2ccc(C(=O)NC3CC34CCN(C(=O)CN(C)C)CC4)cc2o1.O=CO. The largest absolute Gasteiger partial charge is 0.483 e. The molecule has 0 radical (unpaired) electrons. The number of oxazole rings is 1. The van der Waals surface area contributed by atoms with Gasteiger partial charge in [-0.25, -0.2) is 4.98 Å². The first-order chi connectivity index (χ1) is 14.3. The van der Waals surface area contributed by atoms with Gasteiger partial charge in [-0.05, 0) is 57.0 Å². The van der Waals surface area contributed by atoms with E-state index >= 15 is 0 Å². The summed E-state index contributed by atoms with van der Waals surface area (Å²) in [4.78, 5) is 41.3. The molecule has 1 aromatic heterocycles. The number of nitrogens with one attached hydrogen (secondary N) is 1. The van der Waals surface area contributed by atoms with Gasteiger partial charge in [0.2, 0.25) is 5.91 Å². The van der Waals surface area contributed by atoms with E-state index in [-0.39, 0.29) is 29.7 Å². The first-order valence-corrected chi connectivity index (χ1v) is 9.96. The van der Waals surface area contributed by atoms with E-state index in [0.29, 0.717) is 23.6 Å². The highest BCUT2D eigenvalue weighted by Crippen LogP contribution is 2.54. The molecule has 162 valence electrons. The Balaban J connectivity index is 0.000000806. The fourth-order valence-corrected chi connectivity index (χ4v) is 4.10. The molecule has 1 atom stereocenters. The minimum absolute atomic E-state index is 0.0704. The third kappa shape index (κ3) is 4.79. The number of fused-ring (bicyclic) bond motifs is 1. The Labute approximate surface area is 175 Å². The molecule has 2 heterocycles. The molecule has 30 heavy (non-hydrogen) atoms. The van der Waals surface area contributed by atoms with Crippen molar-refractivity contribution in [1.82, 2.24) is 20.1 Å². The number of likely N-dealkylation sites (N-methyl/N-ethyl adjacent to an activating group) is 1. The van der Waals surface area contributed by atoms with Crippen LogP contribution in [0.2, 0.25) is 0 Å². The van der Waals surface area contributed by atoms with Gasteiger partial charge in [0.25, 0.3) is 12.4 Å². The van der Waals surface area contributed by atoms with Gasteiger partial charge in [-0.1, -0.05) is 0 Å². The van der Waals surface area contributed by atoms with E-state index in [1.54, 1.807) is 19.1 Å². The molecular formula is C21H28N4O5. The van der Waals surface area contributed by atoms with E-state index in [4.69, 9.17) is 14.3 Å². The lowest BCUT2D eigenvalue weighted by Crippen LogP contribution is -2.44. The molecular weight excluding hydrogens is 388 g/mol. The Bertz CT molecular complexity index is 931. The van der Waals surface area contributed by atoms with Crippen LogP contribution in [0.5, 0.6) is 0 Å². The number of hydrogen-bond acceptors (Lipinski definition) is 6. The minimum atomic E-state index is -0.250. The molecule has 1 aromatic carbocycles. The highest BCUT2D eigenvalue weighted by Gasteiger charge is 2.55. The van der Waals surface area contributed by atoms with Crippen LogP contribution in [0.25, 0.3) is 11.1 Å². The van der Waals surface area contributed by atoms with E-state index < -0.39 is 0 Å². The van der Waals surface area contributed by atoms with Gasteiger partial charge >= 0.3 is 0 Å². The Morgan fingerprint density at radius 3 is 2.67 bits per heavy atom. The van der Waals surface area contributed by atoms with Crippen LogP contribution in [-0.4, -0.2) is 77.9 Å². The summed E-state index contributed by atoms with van der Waals surface area (Å²) in [6.45, 7) is 3.56. The number of nitrogens with zero attached hydrogens (tertiary/aromatic N) is 3. The third-order valence-corrected chi connectivity index (χ3v) is 5.82. The van der Waals surface area contributed by atoms with Crippen molar-refractivity contribution in [3.8, 4) is 0 Å². The second-order valence-electron chi connectivity index (χ2n) is 8.23. The highest BCUT2D eigenvalue weighted by atomic mass is 16.3. The second kappa shape index (κ2) is 8.83. The molecule has 2 N–H and O–H groups in total. The van der Waals surface area contributed by atoms with Gasteiger partial charge in [-0.15, -0.1) is 0 Å². The zero-order valence-corrected chi connectivity index (χ0v) is 17.6. The molecule has 2 amide bonds. The number of aromatic nitrogens is 1. The summed E-state index contributed by atoms with van der Waals surface area (Å²) in [6.07, 6.45) is 2.91. The van der Waals surface area contributed by atoms with Gasteiger partial charge in [0.1, 0.15) is 5.52 Å². The van der Waals surface area contributed by atoms with Crippen molar-refractivity contribution in [3.63, 3.8) is 0 Å². The third-order valence-electron chi connectivity index (χ3n) is 5.82. The van der Waals surface area contributed by atoms with Crippen LogP contribution in [-0.2, 0) is 9.59 Å². The quantitative estimate of drug-likeness (QED) is 0.726. The van der Waals surface area contributed by atoms with E-state index in [0.717, 1.165) is 37.9 Å². The average molecular weight is 416 g/mol. The van der Waals surface area contributed by atoms with Crippen molar-refractivity contribution in [2.45, 2.75) is 32.2 Å². The summed E-state index contributed by atoms with van der Waals surface area (Å²) < 4.78 is 5.52. The molecule has 1 unspecified atom stereocenters. The molecule has 9 heteroatoms. The zero-order valence-electron chi connectivity index (χ0n) is 17.6. The van der Waals surface area contributed by atoms with E-state index in [1.165, 1.54) is 0 Å². The molecule has 1 spiro atoms. The van der Waals surface area contributed by atoms with Crippen molar-refractivity contribution < 1.29 is 23.9 Å². The Kier molecular flexibility index (Phi) is 6.40. The summed E-state index contributed by atoms with van der Waals surface area (Å²) in [5.41, 5.74) is 2.16. The molecule has 9 nitrogen and oxygen atoms in total. The number of rotatable bonds is 4. The second-order valence-corrected chi connectivity index (χ2v) is 8.23. The summed E-state index contributed by atoms with van der Waals surface area (Å²) in [5.74, 6) is 0.713. The van der Waals surface area contributed by atoms with Crippen molar-refractivity contribution in [3.05, 3.63) is 29.7 Å². The molecule has 0 bridgehead atoms. The number of amides is 2. The predicted molar refractivity (Wildman–Crippen MR) is 110 cm³/mol. The van der Waals surface area contributed by atoms with Crippen LogP contribution in [0.1, 0.15) is 35.5 Å². The van der Waals surface area contributed by atoms with Crippen LogP contribution >= 0.6 is 0 Å². The average Bonchev–Trinajstić information content (AvgIpc) is 3.18. The van der Waals surface area contributed by atoms with Gasteiger partial charge in [-0.3, -0.25) is 14.4 Å².